The number of ether oxygens (including phenoxy) is 1. The Kier molecular flexibility index (Phi) is 7.04. The summed E-state index contributed by atoms with van der Waals surface area (Å²) in [6.45, 7) is -0.557. The normalized spacial score (nSPS) is 15.7. The summed E-state index contributed by atoms with van der Waals surface area (Å²) in [5.74, 6) is -1.78. The number of carboxylic acids is 1. The van der Waals surface area contributed by atoms with Crippen molar-refractivity contribution in [2.75, 3.05) is 24.6 Å². The van der Waals surface area contributed by atoms with Crippen LogP contribution >= 0.6 is 0 Å². The maximum Gasteiger partial charge on any atom is 0.407 e. The Balaban J connectivity index is 1.23. The van der Waals surface area contributed by atoms with E-state index in [1.807, 2.05) is 78.9 Å². The molecule has 4 aromatic carbocycles. The molecule has 4 aromatic rings. The molecular weight excluding hydrogens is 518 g/mol. The lowest BCUT2D eigenvalue weighted by Gasteiger charge is -2.23. The van der Waals surface area contributed by atoms with Crippen molar-refractivity contribution in [1.29, 1.82) is 0 Å². The number of fused-ring (bicyclic) bond motifs is 4. The number of amides is 2. The second-order valence-corrected chi connectivity index (χ2v) is 9.90. The molecule has 204 valence electrons. The maximum absolute atomic E-state index is 13.6. The third kappa shape index (κ3) is 5.07. The highest BCUT2D eigenvalue weighted by atomic mass is 16.5. The lowest BCUT2D eigenvalue weighted by molar-refractivity contribution is -0.136. The predicted molar refractivity (Wildman–Crippen MR) is 155 cm³/mol. The molecule has 6 rings (SSSR count). The molecule has 1 aliphatic heterocycles. The molecule has 0 saturated heterocycles. The molecule has 0 spiro atoms. The van der Waals surface area contributed by atoms with Crippen LogP contribution in [-0.2, 0) is 14.3 Å². The van der Waals surface area contributed by atoms with Crippen molar-refractivity contribution in [3.63, 3.8) is 0 Å². The molecule has 41 heavy (non-hydrogen) atoms. The molecule has 2 amide bonds. The van der Waals surface area contributed by atoms with Gasteiger partial charge in [0, 0.05) is 17.0 Å². The molecule has 0 radical (unpaired) electrons. The number of hydrogen-bond acceptors (Lipinski definition) is 5. The zero-order valence-electron chi connectivity index (χ0n) is 22.1. The van der Waals surface area contributed by atoms with Gasteiger partial charge in [-0.2, -0.15) is 0 Å². The molecule has 0 saturated carbocycles. The van der Waals surface area contributed by atoms with Gasteiger partial charge in [0.25, 0.3) is 5.91 Å². The summed E-state index contributed by atoms with van der Waals surface area (Å²) < 4.78 is 5.64. The second-order valence-electron chi connectivity index (χ2n) is 9.90. The van der Waals surface area contributed by atoms with E-state index in [-0.39, 0.29) is 19.1 Å². The number of nitrogens with zero attached hydrogens (tertiary/aromatic N) is 2. The fraction of sp³-hybridized carbons (Fsp3) is 0.152. The molecule has 1 atom stereocenters. The Labute approximate surface area is 236 Å². The number of nitrogens with one attached hydrogen (secondary N) is 1. The van der Waals surface area contributed by atoms with Crippen molar-refractivity contribution in [2.45, 2.75) is 12.0 Å². The van der Waals surface area contributed by atoms with Crippen LogP contribution in [0.1, 0.15) is 28.2 Å². The number of aliphatic imine (C=N–C) groups is 1. The zero-order chi connectivity index (χ0) is 28.3. The fourth-order valence-electron chi connectivity index (χ4n) is 5.58. The lowest BCUT2D eigenvalue weighted by atomic mass is 9.98. The van der Waals surface area contributed by atoms with E-state index in [9.17, 15) is 19.5 Å². The molecule has 2 aliphatic rings. The van der Waals surface area contributed by atoms with Gasteiger partial charge in [-0.05, 0) is 28.3 Å². The zero-order valence-corrected chi connectivity index (χ0v) is 22.1. The first-order valence-corrected chi connectivity index (χ1v) is 13.4. The highest BCUT2D eigenvalue weighted by molar-refractivity contribution is 6.20. The molecule has 8 heteroatoms. The SMILES string of the molecule is O=C(O)CN1C(=O)C(CNC(=O)OCC2c3ccccc3-c3ccccc32)N=C(c2ccccc2)c2ccccc21. The first-order valence-electron chi connectivity index (χ1n) is 13.4. The number of rotatable bonds is 7. The topological polar surface area (TPSA) is 108 Å². The number of carbonyl (C=O) groups excluding carboxylic acids is 2. The van der Waals surface area contributed by atoms with Gasteiger partial charge < -0.3 is 15.2 Å². The van der Waals surface area contributed by atoms with E-state index in [0.29, 0.717) is 17.0 Å². The van der Waals surface area contributed by atoms with Crippen LogP contribution in [0.15, 0.2) is 108 Å². The summed E-state index contributed by atoms with van der Waals surface area (Å²) in [5, 5.41) is 12.3. The third-order valence-electron chi connectivity index (χ3n) is 7.41. The number of carbonyl (C=O) groups is 3. The van der Waals surface area contributed by atoms with E-state index in [0.717, 1.165) is 27.8 Å². The number of aliphatic carboxylic acids is 1. The first kappa shape index (κ1) is 26.0. The predicted octanol–water partition coefficient (Wildman–Crippen LogP) is 4.86. The van der Waals surface area contributed by atoms with Gasteiger partial charge in [0.2, 0.25) is 0 Å². The average Bonchev–Trinajstić information content (AvgIpc) is 3.27. The van der Waals surface area contributed by atoms with Crippen LogP contribution < -0.4 is 10.2 Å². The number of hydrogen-bond donors (Lipinski definition) is 2. The Morgan fingerprint density at radius 3 is 2.05 bits per heavy atom. The van der Waals surface area contributed by atoms with Crippen molar-refractivity contribution in [2.24, 2.45) is 4.99 Å². The van der Waals surface area contributed by atoms with Gasteiger partial charge in [-0.3, -0.25) is 19.5 Å². The third-order valence-corrected chi connectivity index (χ3v) is 7.41. The summed E-state index contributed by atoms with van der Waals surface area (Å²) in [6.07, 6.45) is -0.678. The summed E-state index contributed by atoms with van der Waals surface area (Å²) in [7, 11) is 0. The van der Waals surface area contributed by atoms with Gasteiger partial charge >= 0.3 is 12.1 Å². The molecule has 1 unspecified atom stereocenters. The van der Waals surface area contributed by atoms with Crippen LogP contribution in [0.4, 0.5) is 10.5 Å². The molecular formula is C33H27N3O5. The molecule has 2 N–H and O–H groups in total. The van der Waals surface area contributed by atoms with E-state index in [4.69, 9.17) is 9.73 Å². The summed E-state index contributed by atoms with van der Waals surface area (Å²) in [6, 6.07) is 31.5. The van der Waals surface area contributed by atoms with E-state index in [2.05, 4.69) is 17.4 Å². The van der Waals surface area contributed by atoms with Crippen LogP contribution in [0.2, 0.25) is 0 Å². The number of carboxylic acid groups (broad SMARTS) is 1. The number of alkyl carbamates (subject to hydrolysis) is 1. The number of para-hydroxylation sites is 1. The lowest BCUT2D eigenvalue weighted by Crippen LogP contribution is -2.46. The first-order chi connectivity index (χ1) is 20.0. The quantitative estimate of drug-likeness (QED) is 0.345. The minimum Gasteiger partial charge on any atom is -0.480 e. The molecule has 1 aliphatic carbocycles. The van der Waals surface area contributed by atoms with Gasteiger partial charge in [-0.25, -0.2) is 4.79 Å². The van der Waals surface area contributed by atoms with Gasteiger partial charge in [0.1, 0.15) is 19.2 Å². The summed E-state index contributed by atoms with van der Waals surface area (Å²) in [5.41, 5.74) is 6.85. The van der Waals surface area contributed by atoms with Crippen LogP contribution in [-0.4, -0.2) is 54.5 Å². The van der Waals surface area contributed by atoms with Gasteiger partial charge in [-0.1, -0.05) is 97.1 Å². The minimum absolute atomic E-state index is 0.101. The van der Waals surface area contributed by atoms with Crippen LogP contribution in [0.5, 0.6) is 0 Å². The Bertz CT molecular complexity index is 1620. The smallest absolute Gasteiger partial charge is 0.407 e. The van der Waals surface area contributed by atoms with Crippen LogP contribution in [0.25, 0.3) is 11.1 Å². The number of benzene rings is 4. The van der Waals surface area contributed by atoms with Gasteiger partial charge in [0.15, 0.2) is 0 Å². The van der Waals surface area contributed by atoms with E-state index in [1.54, 1.807) is 12.1 Å². The molecule has 8 nitrogen and oxygen atoms in total. The minimum atomic E-state index is -1.15. The van der Waals surface area contributed by atoms with E-state index >= 15 is 0 Å². The largest absolute Gasteiger partial charge is 0.480 e. The van der Waals surface area contributed by atoms with Crippen molar-refractivity contribution >= 4 is 29.4 Å². The molecule has 0 fully saturated rings. The van der Waals surface area contributed by atoms with Crippen molar-refractivity contribution < 1.29 is 24.2 Å². The van der Waals surface area contributed by atoms with Gasteiger partial charge in [0.05, 0.1) is 17.9 Å². The Morgan fingerprint density at radius 2 is 1.39 bits per heavy atom. The standard InChI is InChI=1S/C33H27N3O5/c37-30(38)19-36-29-17-9-8-16-26(29)31(21-10-2-1-3-11-21)35-28(32(36)39)18-34-33(40)41-20-27-24-14-6-4-12-22(24)23-13-5-7-15-25(23)27/h1-17,27-28H,18-20H2,(H,34,40)(H,37,38). The molecule has 0 aromatic heterocycles. The summed E-state index contributed by atoms with van der Waals surface area (Å²) >= 11 is 0. The fourth-order valence-corrected chi connectivity index (χ4v) is 5.58. The van der Waals surface area contributed by atoms with Crippen LogP contribution in [0, 0.1) is 0 Å². The Hall–Kier alpha value is -5.24. The van der Waals surface area contributed by atoms with Crippen molar-refractivity contribution in [3.8, 4) is 11.1 Å². The number of benzodiazepines with no additional fused rings is 1. The maximum atomic E-state index is 13.6. The highest BCUT2D eigenvalue weighted by Gasteiger charge is 2.34. The monoisotopic (exact) mass is 545 g/mol. The molecule has 0 bridgehead atoms. The van der Waals surface area contributed by atoms with Crippen LogP contribution in [0.3, 0.4) is 0 Å². The molecule has 1 heterocycles. The highest BCUT2D eigenvalue weighted by Crippen LogP contribution is 2.44. The van der Waals surface area contributed by atoms with E-state index in [1.165, 1.54) is 4.90 Å². The second kappa shape index (κ2) is 11.1. The van der Waals surface area contributed by atoms with Gasteiger partial charge in [-0.15, -0.1) is 0 Å². The average molecular weight is 546 g/mol. The summed E-state index contributed by atoms with van der Waals surface area (Å²) in [4.78, 5) is 44.2. The number of anilines is 1. The van der Waals surface area contributed by atoms with Crippen molar-refractivity contribution in [3.05, 3.63) is 125 Å². The Morgan fingerprint density at radius 1 is 0.805 bits per heavy atom. The van der Waals surface area contributed by atoms with Crippen molar-refractivity contribution in [1.82, 2.24) is 5.32 Å². The van der Waals surface area contributed by atoms with E-state index < -0.39 is 30.6 Å².